The predicted octanol–water partition coefficient (Wildman–Crippen LogP) is 3.77. The molecular weight excluding hydrogens is 284 g/mol. The highest BCUT2D eigenvalue weighted by molar-refractivity contribution is 6.37. The highest BCUT2D eigenvalue weighted by atomic mass is 35.5. The Morgan fingerprint density at radius 2 is 1.90 bits per heavy atom. The van der Waals surface area contributed by atoms with Gasteiger partial charge in [0.05, 0.1) is 17.0 Å². The van der Waals surface area contributed by atoms with Gasteiger partial charge in [0, 0.05) is 17.6 Å². The Labute approximate surface area is 128 Å². The third-order valence-electron chi connectivity index (χ3n) is 3.52. The SMILES string of the molecule is CN1C(=O)/C(=C/C(=N)c2ccccc2)c2cc(Cl)ccc21. The summed E-state index contributed by atoms with van der Waals surface area (Å²) in [5, 5.41) is 8.74. The number of anilines is 1. The summed E-state index contributed by atoms with van der Waals surface area (Å²) in [5.41, 5.74) is 3.17. The Balaban J connectivity index is 2.07. The summed E-state index contributed by atoms with van der Waals surface area (Å²) >= 11 is 6.03. The van der Waals surface area contributed by atoms with E-state index >= 15 is 0 Å². The molecule has 1 aliphatic rings. The number of carbonyl (C=O) groups is 1. The highest BCUT2D eigenvalue weighted by Gasteiger charge is 2.30. The third-order valence-corrected chi connectivity index (χ3v) is 3.75. The van der Waals surface area contributed by atoms with E-state index in [0.29, 0.717) is 16.3 Å². The maximum atomic E-state index is 12.4. The lowest BCUT2D eigenvalue weighted by Gasteiger charge is -2.08. The Morgan fingerprint density at radius 1 is 1.19 bits per heavy atom. The van der Waals surface area contributed by atoms with Crippen LogP contribution in [0.25, 0.3) is 5.57 Å². The number of nitrogens with zero attached hydrogens (tertiary/aromatic N) is 1. The standard InChI is InChI=1S/C17H13ClN2O/c1-20-16-8-7-12(18)9-13(16)14(17(20)21)10-15(19)11-5-3-2-4-6-11/h2-10,19H,1H3/b14-10+,19-15?. The molecule has 3 rings (SSSR count). The first-order valence-electron chi connectivity index (χ1n) is 6.51. The van der Waals surface area contributed by atoms with Crippen molar-refractivity contribution in [3.8, 4) is 0 Å². The van der Waals surface area contributed by atoms with Crippen molar-refractivity contribution in [2.24, 2.45) is 0 Å². The summed E-state index contributed by atoms with van der Waals surface area (Å²) in [6.07, 6.45) is 1.61. The average Bonchev–Trinajstić information content (AvgIpc) is 2.73. The average molecular weight is 297 g/mol. The van der Waals surface area contributed by atoms with Crippen LogP contribution >= 0.6 is 11.6 Å². The van der Waals surface area contributed by atoms with E-state index in [1.807, 2.05) is 36.4 Å². The molecule has 1 aliphatic heterocycles. The lowest BCUT2D eigenvalue weighted by atomic mass is 10.0. The number of carbonyl (C=O) groups excluding carboxylic acids is 1. The number of hydrogen-bond donors (Lipinski definition) is 1. The highest BCUT2D eigenvalue weighted by Crippen LogP contribution is 2.37. The van der Waals surface area contributed by atoms with E-state index in [1.54, 1.807) is 30.2 Å². The van der Waals surface area contributed by atoms with Crippen molar-refractivity contribution in [3.63, 3.8) is 0 Å². The minimum Gasteiger partial charge on any atom is -0.311 e. The molecule has 21 heavy (non-hydrogen) atoms. The van der Waals surface area contributed by atoms with E-state index in [9.17, 15) is 4.79 Å². The minimum atomic E-state index is -0.118. The van der Waals surface area contributed by atoms with Crippen molar-refractivity contribution in [3.05, 3.63) is 70.8 Å². The molecule has 1 amide bonds. The summed E-state index contributed by atoms with van der Waals surface area (Å²) in [6, 6.07) is 14.7. The fraction of sp³-hybridized carbons (Fsp3) is 0.0588. The molecule has 0 bridgehead atoms. The Hall–Kier alpha value is -2.39. The molecule has 0 spiro atoms. The number of amides is 1. The molecule has 1 N–H and O–H groups in total. The second-order valence-corrected chi connectivity index (χ2v) is 5.30. The van der Waals surface area contributed by atoms with Crippen molar-refractivity contribution in [2.75, 3.05) is 11.9 Å². The second-order valence-electron chi connectivity index (χ2n) is 4.86. The lowest BCUT2D eigenvalue weighted by molar-refractivity contribution is -0.112. The zero-order valence-electron chi connectivity index (χ0n) is 11.4. The first-order chi connectivity index (χ1) is 10.1. The van der Waals surface area contributed by atoms with E-state index in [2.05, 4.69) is 0 Å². The number of fused-ring (bicyclic) bond motifs is 1. The number of rotatable bonds is 2. The maximum absolute atomic E-state index is 12.4. The molecule has 0 aromatic heterocycles. The fourth-order valence-corrected chi connectivity index (χ4v) is 2.58. The Bertz CT molecular complexity index is 766. The number of halogens is 1. The van der Waals surface area contributed by atoms with Crippen molar-refractivity contribution < 1.29 is 4.79 Å². The van der Waals surface area contributed by atoms with Gasteiger partial charge in [-0.25, -0.2) is 0 Å². The molecular formula is C17H13ClN2O. The minimum absolute atomic E-state index is 0.118. The van der Waals surface area contributed by atoms with Gasteiger partial charge in [0.25, 0.3) is 5.91 Å². The molecule has 0 saturated heterocycles. The summed E-state index contributed by atoms with van der Waals surface area (Å²) in [4.78, 5) is 13.9. The molecule has 1 heterocycles. The monoisotopic (exact) mass is 296 g/mol. The number of benzene rings is 2. The van der Waals surface area contributed by atoms with Gasteiger partial charge in [0.15, 0.2) is 0 Å². The topological polar surface area (TPSA) is 44.2 Å². The first kappa shape index (κ1) is 13.6. The smallest absolute Gasteiger partial charge is 0.258 e. The van der Waals surface area contributed by atoms with Crippen LogP contribution in [0.4, 0.5) is 5.69 Å². The second kappa shape index (κ2) is 5.19. The van der Waals surface area contributed by atoms with Gasteiger partial charge >= 0.3 is 0 Å². The van der Waals surface area contributed by atoms with E-state index in [0.717, 1.165) is 16.8 Å². The molecule has 0 fully saturated rings. The number of hydrogen-bond acceptors (Lipinski definition) is 2. The molecule has 104 valence electrons. The lowest BCUT2D eigenvalue weighted by Crippen LogP contribution is -2.20. The Kier molecular flexibility index (Phi) is 3.35. The van der Waals surface area contributed by atoms with E-state index < -0.39 is 0 Å². The van der Waals surface area contributed by atoms with Gasteiger partial charge in [-0.05, 0) is 29.8 Å². The van der Waals surface area contributed by atoms with Crippen LogP contribution in [0.3, 0.4) is 0 Å². The van der Waals surface area contributed by atoms with Gasteiger partial charge in [0.2, 0.25) is 0 Å². The molecule has 2 aromatic carbocycles. The van der Waals surface area contributed by atoms with Crippen LogP contribution in [-0.4, -0.2) is 18.7 Å². The van der Waals surface area contributed by atoms with Crippen molar-refractivity contribution in [1.82, 2.24) is 0 Å². The van der Waals surface area contributed by atoms with Crippen LogP contribution in [0, 0.1) is 5.41 Å². The van der Waals surface area contributed by atoms with Gasteiger partial charge in [-0.3, -0.25) is 4.79 Å². The van der Waals surface area contributed by atoms with E-state index in [4.69, 9.17) is 17.0 Å². The van der Waals surface area contributed by atoms with E-state index in [-0.39, 0.29) is 5.91 Å². The summed E-state index contributed by atoms with van der Waals surface area (Å²) < 4.78 is 0. The number of likely N-dealkylation sites (N-methyl/N-ethyl adjacent to an activating group) is 1. The van der Waals surface area contributed by atoms with Gasteiger partial charge in [-0.1, -0.05) is 41.9 Å². The van der Waals surface area contributed by atoms with Crippen LogP contribution in [0.1, 0.15) is 11.1 Å². The summed E-state index contributed by atoms with van der Waals surface area (Å²) in [7, 11) is 1.72. The van der Waals surface area contributed by atoms with Gasteiger partial charge in [-0.15, -0.1) is 0 Å². The molecule has 0 saturated carbocycles. The predicted molar refractivity (Wildman–Crippen MR) is 86.1 cm³/mol. The van der Waals surface area contributed by atoms with Gasteiger partial charge < -0.3 is 10.3 Å². The first-order valence-corrected chi connectivity index (χ1v) is 6.89. The van der Waals surface area contributed by atoms with Gasteiger partial charge in [0.1, 0.15) is 0 Å². The summed E-state index contributed by atoms with van der Waals surface area (Å²) in [5.74, 6) is -0.118. The zero-order chi connectivity index (χ0) is 15.0. The van der Waals surface area contributed by atoms with Crippen molar-refractivity contribution in [2.45, 2.75) is 0 Å². The third kappa shape index (κ3) is 2.36. The van der Waals surface area contributed by atoms with Crippen LogP contribution < -0.4 is 4.90 Å². The zero-order valence-corrected chi connectivity index (χ0v) is 12.2. The van der Waals surface area contributed by atoms with Crippen molar-refractivity contribution >= 4 is 34.5 Å². The van der Waals surface area contributed by atoms with Gasteiger partial charge in [-0.2, -0.15) is 0 Å². The molecule has 0 atom stereocenters. The summed E-state index contributed by atoms with van der Waals surface area (Å²) in [6.45, 7) is 0. The molecule has 3 nitrogen and oxygen atoms in total. The van der Waals surface area contributed by atoms with Crippen LogP contribution in [0.15, 0.2) is 54.6 Å². The van der Waals surface area contributed by atoms with Crippen LogP contribution in [0.2, 0.25) is 5.02 Å². The van der Waals surface area contributed by atoms with Crippen molar-refractivity contribution in [1.29, 1.82) is 5.41 Å². The molecule has 4 heteroatoms. The largest absolute Gasteiger partial charge is 0.311 e. The number of allylic oxidation sites excluding steroid dienone is 1. The molecule has 0 radical (unpaired) electrons. The van der Waals surface area contributed by atoms with E-state index in [1.165, 1.54) is 0 Å². The fourth-order valence-electron chi connectivity index (χ4n) is 2.41. The van der Waals surface area contributed by atoms with Crippen LogP contribution in [-0.2, 0) is 4.79 Å². The molecule has 0 aliphatic carbocycles. The molecule has 0 unspecified atom stereocenters. The van der Waals surface area contributed by atoms with Crippen LogP contribution in [0.5, 0.6) is 0 Å². The quantitative estimate of drug-likeness (QED) is 0.665. The number of nitrogens with one attached hydrogen (secondary N) is 1. The maximum Gasteiger partial charge on any atom is 0.258 e. The molecule has 2 aromatic rings. The normalized spacial score (nSPS) is 15.4. The Morgan fingerprint density at radius 3 is 2.62 bits per heavy atom.